The van der Waals surface area contributed by atoms with E-state index >= 15 is 0 Å². The first-order chi connectivity index (χ1) is 10.6. The third-order valence-corrected chi connectivity index (χ3v) is 5.05. The molecule has 1 aromatic heterocycles. The van der Waals surface area contributed by atoms with E-state index in [-0.39, 0.29) is 0 Å². The highest BCUT2D eigenvalue weighted by Gasteiger charge is 2.22. The molecule has 2 aliphatic rings. The standard InChI is InChI=1S/C16H30N6/c1-13-5-3-7-20(9-13)11-15-18-19-16(22(15)17)12-21-8-4-6-14(2)10-21/h13-14H,3-12,17H2,1-2H3/t13-,14-/m1/s1. The summed E-state index contributed by atoms with van der Waals surface area (Å²) in [5.74, 6) is 9.59. The van der Waals surface area contributed by atoms with Crippen molar-refractivity contribution in [2.45, 2.75) is 52.6 Å². The molecule has 0 saturated carbocycles. The van der Waals surface area contributed by atoms with E-state index in [1.165, 1.54) is 25.7 Å². The van der Waals surface area contributed by atoms with Gasteiger partial charge in [0, 0.05) is 13.1 Å². The fraction of sp³-hybridized carbons (Fsp3) is 0.875. The Labute approximate surface area is 133 Å². The quantitative estimate of drug-likeness (QED) is 0.853. The van der Waals surface area contributed by atoms with E-state index < -0.39 is 0 Å². The monoisotopic (exact) mass is 306 g/mol. The van der Waals surface area contributed by atoms with Gasteiger partial charge in [-0.1, -0.05) is 13.8 Å². The van der Waals surface area contributed by atoms with Crippen molar-refractivity contribution < 1.29 is 0 Å². The van der Waals surface area contributed by atoms with Gasteiger partial charge in [0.15, 0.2) is 11.6 Å². The minimum atomic E-state index is 0.775. The summed E-state index contributed by atoms with van der Waals surface area (Å²) in [6, 6.07) is 0. The molecule has 3 rings (SSSR count). The van der Waals surface area contributed by atoms with Crippen LogP contribution >= 0.6 is 0 Å². The van der Waals surface area contributed by atoms with Crippen LogP contribution in [0.5, 0.6) is 0 Å². The van der Waals surface area contributed by atoms with Crippen LogP contribution in [0.1, 0.15) is 51.2 Å². The predicted molar refractivity (Wildman–Crippen MR) is 87.5 cm³/mol. The first-order valence-corrected chi connectivity index (χ1v) is 8.74. The van der Waals surface area contributed by atoms with Crippen molar-refractivity contribution in [1.82, 2.24) is 24.7 Å². The molecule has 0 spiro atoms. The first-order valence-electron chi connectivity index (χ1n) is 8.74. The predicted octanol–water partition coefficient (Wildman–Crippen LogP) is 1.46. The van der Waals surface area contributed by atoms with Crippen molar-refractivity contribution in [3.63, 3.8) is 0 Å². The summed E-state index contributed by atoms with van der Waals surface area (Å²) in [7, 11) is 0. The van der Waals surface area contributed by atoms with E-state index in [1.807, 2.05) is 0 Å². The number of nitrogen functional groups attached to an aromatic ring is 1. The summed E-state index contributed by atoms with van der Waals surface area (Å²) < 4.78 is 1.72. The molecule has 2 fully saturated rings. The number of rotatable bonds is 4. The Morgan fingerprint density at radius 3 is 1.77 bits per heavy atom. The lowest BCUT2D eigenvalue weighted by Crippen LogP contribution is -2.36. The number of nitrogens with two attached hydrogens (primary N) is 1. The zero-order valence-corrected chi connectivity index (χ0v) is 14.0. The Hall–Kier alpha value is -1.14. The van der Waals surface area contributed by atoms with Gasteiger partial charge in [-0.2, -0.15) is 0 Å². The molecule has 2 saturated heterocycles. The van der Waals surface area contributed by atoms with E-state index in [1.54, 1.807) is 4.68 Å². The van der Waals surface area contributed by atoms with Crippen LogP contribution in [0.4, 0.5) is 0 Å². The number of likely N-dealkylation sites (tertiary alicyclic amines) is 2. The maximum Gasteiger partial charge on any atom is 0.165 e. The Morgan fingerprint density at radius 2 is 1.36 bits per heavy atom. The molecule has 0 radical (unpaired) electrons. The molecule has 0 bridgehead atoms. The summed E-state index contributed by atoms with van der Waals surface area (Å²) in [6.45, 7) is 10.9. The molecule has 0 unspecified atom stereocenters. The molecule has 124 valence electrons. The number of hydrogen-bond donors (Lipinski definition) is 1. The highest BCUT2D eigenvalue weighted by molar-refractivity contribution is 4.97. The van der Waals surface area contributed by atoms with Crippen molar-refractivity contribution in [2.75, 3.05) is 32.0 Å². The van der Waals surface area contributed by atoms with Gasteiger partial charge in [0.1, 0.15) is 0 Å². The number of nitrogens with zero attached hydrogens (tertiary/aromatic N) is 5. The second-order valence-corrected chi connectivity index (χ2v) is 7.37. The fourth-order valence-corrected chi connectivity index (χ4v) is 3.84. The van der Waals surface area contributed by atoms with Crippen molar-refractivity contribution in [3.05, 3.63) is 11.6 Å². The molecule has 1 aromatic rings. The molecule has 6 nitrogen and oxygen atoms in total. The number of aromatic nitrogens is 3. The summed E-state index contributed by atoms with van der Waals surface area (Å²) in [5, 5.41) is 8.68. The van der Waals surface area contributed by atoms with E-state index in [9.17, 15) is 0 Å². The molecule has 0 amide bonds. The van der Waals surface area contributed by atoms with Crippen LogP contribution in [0.15, 0.2) is 0 Å². The van der Waals surface area contributed by atoms with Crippen molar-refractivity contribution in [1.29, 1.82) is 0 Å². The highest BCUT2D eigenvalue weighted by atomic mass is 15.4. The van der Waals surface area contributed by atoms with Crippen LogP contribution in [0, 0.1) is 11.8 Å². The van der Waals surface area contributed by atoms with Crippen LogP contribution in [0.3, 0.4) is 0 Å². The average Bonchev–Trinajstić information content (AvgIpc) is 2.80. The molecule has 0 aromatic carbocycles. The second-order valence-electron chi connectivity index (χ2n) is 7.37. The van der Waals surface area contributed by atoms with Gasteiger partial charge in [-0.25, -0.2) is 4.68 Å². The molecule has 6 heteroatoms. The Morgan fingerprint density at radius 1 is 0.909 bits per heavy atom. The van der Waals surface area contributed by atoms with Crippen LogP contribution in [-0.2, 0) is 13.1 Å². The van der Waals surface area contributed by atoms with E-state index in [2.05, 4.69) is 33.8 Å². The Kier molecular flexibility index (Phi) is 4.98. The lowest BCUT2D eigenvalue weighted by Gasteiger charge is -2.30. The van der Waals surface area contributed by atoms with Gasteiger partial charge in [0.25, 0.3) is 0 Å². The van der Waals surface area contributed by atoms with E-state index in [0.717, 1.165) is 62.8 Å². The average molecular weight is 306 g/mol. The number of piperidine rings is 2. The normalized spacial score (nSPS) is 28.1. The summed E-state index contributed by atoms with van der Waals surface area (Å²) in [6.07, 6.45) is 5.23. The van der Waals surface area contributed by atoms with E-state index in [0.29, 0.717) is 0 Å². The lowest BCUT2D eigenvalue weighted by atomic mass is 10.0. The third-order valence-electron chi connectivity index (χ3n) is 5.05. The van der Waals surface area contributed by atoms with Gasteiger partial charge < -0.3 is 5.84 Å². The minimum absolute atomic E-state index is 0.775. The number of hydrogen-bond acceptors (Lipinski definition) is 5. The van der Waals surface area contributed by atoms with Gasteiger partial charge in [-0.05, 0) is 50.6 Å². The molecule has 2 aliphatic heterocycles. The van der Waals surface area contributed by atoms with Crippen LogP contribution < -0.4 is 5.84 Å². The summed E-state index contributed by atoms with van der Waals surface area (Å²) in [4.78, 5) is 4.91. The van der Waals surface area contributed by atoms with Crippen molar-refractivity contribution >= 4 is 0 Å². The van der Waals surface area contributed by atoms with Gasteiger partial charge in [0.2, 0.25) is 0 Å². The van der Waals surface area contributed by atoms with Crippen LogP contribution in [0.25, 0.3) is 0 Å². The van der Waals surface area contributed by atoms with Crippen LogP contribution in [-0.4, -0.2) is 50.9 Å². The fourth-order valence-electron chi connectivity index (χ4n) is 3.84. The Bertz CT molecular complexity index is 443. The van der Waals surface area contributed by atoms with Crippen molar-refractivity contribution in [3.8, 4) is 0 Å². The Balaban J connectivity index is 1.59. The zero-order chi connectivity index (χ0) is 15.5. The molecule has 2 N–H and O–H groups in total. The highest BCUT2D eigenvalue weighted by Crippen LogP contribution is 2.19. The van der Waals surface area contributed by atoms with Crippen molar-refractivity contribution in [2.24, 2.45) is 11.8 Å². The molecule has 0 aliphatic carbocycles. The summed E-state index contributed by atoms with van der Waals surface area (Å²) in [5.41, 5.74) is 0. The molecule has 22 heavy (non-hydrogen) atoms. The maximum absolute atomic E-state index is 6.25. The van der Waals surface area contributed by atoms with Crippen LogP contribution in [0.2, 0.25) is 0 Å². The molecular weight excluding hydrogens is 276 g/mol. The minimum Gasteiger partial charge on any atom is -0.336 e. The lowest BCUT2D eigenvalue weighted by molar-refractivity contribution is 0.168. The summed E-state index contributed by atoms with van der Waals surface area (Å²) >= 11 is 0. The second kappa shape index (κ2) is 6.96. The largest absolute Gasteiger partial charge is 0.336 e. The molecule has 3 heterocycles. The third kappa shape index (κ3) is 3.79. The van der Waals surface area contributed by atoms with Gasteiger partial charge in [-0.15, -0.1) is 10.2 Å². The SMILES string of the molecule is C[C@@H]1CCCN(Cc2nnc(CN3CCC[C@@H](C)C3)n2N)C1. The van der Waals surface area contributed by atoms with Gasteiger partial charge >= 0.3 is 0 Å². The first kappa shape index (κ1) is 15.7. The smallest absolute Gasteiger partial charge is 0.165 e. The maximum atomic E-state index is 6.25. The molecular formula is C16H30N6. The van der Waals surface area contributed by atoms with Gasteiger partial charge in [0.05, 0.1) is 13.1 Å². The van der Waals surface area contributed by atoms with E-state index in [4.69, 9.17) is 5.84 Å². The zero-order valence-electron chi connectivity index (χ0n) is 14.0. The van der Waals surface area contributed by atoms with Gasteiger partial charge in [-0.3, -0.25) is 9.80 Å². The molecule has 2 atom stereocenters. The topological polar surface area (TPSA) is 63.2 Å².